The van der Waals surface area contributed by atoms with Crippen molar-refractivity contribution in [3.63, 3.8) is 0 Å². The van der Waals surface area contributed by atoms with Crippen LogP contribution < -0.4 is 0 Å². The third kappa shape index (κ3) is 4.20. The molecule has 1 saturated carbocycles. The molecule has 0 N–H and O–H groups in total. The van der Waals surface area contributed by atoms with Gasteiger partial charge in [-0.05, 0) is 35.8 Å². The zero-order valence-electron chi connectivity index (χ0n) is 16.1. The van der Waals surface area contributed by atoms with Gasteiger partial charge in [0, 0.05) is 0 Å². The van der Waals surface area contributed by atoms with E-state index in [0.29, 0.717) is 29.8 Å². The van der Waals surface area contributed by atoms with Crippen LogP contribution in [-0.2, 0) is 17.0 Å². The van der Waals surface area contributed by atoms with E-state index in [1.807, 2.05) is 0 Å². The van der Waals surface area contributed by atoms with Crippen LogP contribution >= 0.6 is 18.6 Å². The Morgan fingerprint density at radius 1 is 0.923 bits per heavy atom. The minimum absolute atomic E-state index is 0. The average molecular weight is 445 g/mol. The van der Waals surface area contributed by atoms with Gasteiger partial charge in [0.25, 0.3) is 0 Å². The Bertz CT molecular complexity index is 556. The summed E-state index contributed by atoms with van der Waals surface area (Å²) in [6.45, 7) is 9.67. The zero-order valence-corrected chi connectivity index (χ0v) is 20.2. The fourth-order valence-electron chi connectivity index (χ4n) is 5.57. The Balaban J connectivity index is 0.000000570. The number of halogens is 2. The zero-order chi connectivity index (χ0) is 18.0. The van der Waals surface area contributed by atoms with Gasteiger partial charge in [-0.3, -0.25) is 0 Å². The number of hydrogen-bond donors (Lipinski definition) is 0. The van der Waals surface area contributed by atoms with Crippen molar-refractivity contribution in [1.29, 1.82) is 0 Å². The first-order chi connectivity index (χ1) is 12.0. The van der Waals surface area contributed by atoms with Crippen LogP contribution in [0.1, 0.15) is 6.92 Å². The van der Waals surface area contributed by atoms with Gasteiger partial charge in [-0.25, -0.2) is 0 Å². The van der Waals surface area contributed by atoms with Crippen LogP contribution in [0.4, 0.5) is 0 Å². The quantitative estimate of drug-likeness (QED) is 0.368. The molecule has 0 spiro atoms. The summed E-state index contributed by atoms with van der Waals surface area (Å²) in [4.78, 5) is 0. The van der Waals surface area contributed by atoms with Crippen molar-refractivity contribution in [1.82, 2.24) is 4.57 Å². The standard InChI is InChI=1S/C19H27N2Si.CH3.2ClH.Ti/c1-14-20-12-13-21(14)22(2,3)19-17-10-6-4-8-15(17)16-9-5-7-11-18(16)19;;;;/h4-11,14-19H,12-13H2,1-3H3;1H3;2*1H;/q2*-1;;;+2/p-2/t14-,15?,16?,17?,18?,19?;;;;/m0..../s1. The molecule has 6 heteroatoms. The van der Waals surface area contributed by atoms with Crippen molar-refractivity contribution in [2.75, 3.05) is 13.1 Å². The van der Waals surface area contributed by atoms with E-state index in [0.717, 1.165) is 12.1 Å². The van der Waals surface area contributed by atoms with Crippen molar-refractivity contribution < 1.29 is 17.0 Å². The first-order valence-corrected chi connectivity index (χ1v) is 16.4. The van der Waals surface area contributed by atoms with E-state index >= 15 is 0 Å². The summed E-state index contributed by atoms with van der Waals surface area (Å²) in [7, 11) is 8.23. The van der Waals surface area contributed by atoms with Crippen molar-refractivity contribution in [2.24, 2.45) is 23.7 Å². The molecule has 0 radical (unpaired) electrons. The predicted molar refractivity (Wildman–Crippen MR) is 114 cm³/mol. The van der Waals surface area contributed by atoms with E-state index in [1.54, 1.807) is 0 Å². The fraction of sp³-hybridized carbons (Fsp3) is 0.550. The van der Waals surface area contributed by atoms with E-state index in [4.69, 9.17) is 23.9 Å². The first-order valence-electron chi connectivity index (χ1n) is 9.12. The summed E-state index contributed by atoms with van der Waals surface area (Å²) < 4.78 is 2.77. The molecule has 0 aromatic heterocycles. The van der Waals surface area contributed by atoms with Gasteiger partial charge in [-0.1, -0.05) is 74.8 Å². The molecule has 3 aliphatic carbocycles. The molecular weight excluding hydrogens is 415 g/mol. The van der Waals surface area contributed by atoms with Gasteiger partial charge >= 0.3 is 35.6 Å². The molecule has 4 rings (SSSR count). The van der Waals surface area contributed by atoms with Crippen LogP contribution in [-0.4, -0.2) is 32.1 Å². The molecule has 2 nitrogen and oxygen atoms in total. The van der Waals surface area contributed by atoms with E-state index < -0.39 is 25.3 Å². The molecule has 0 aromatic rings. The Morgan fingerprint density at radius 2 is 1.35 bits per heavy atom. The Hall–Kier alpha value is 0.391. The third-order valence-corrected chi connectivity index (χ3v) is 10.9. The number of hydrogen-bond acceptors (Lipinski definition) is 1. The van der Waals surface area contributed by atoms with Gasteiger partial charge in [0.05, 0.1) is 0 Å². The number of rotatable bonds is 2. The molecule has 0 aromatic carbocycles. The molecule has 5 atom stereocenters. The molecule has 144 valence electrons. The minimum atomic E-state index is -1.55. The van der Waals surface area contributed by atoms with E-state index in [9.17, 15) is 0 Å². The molecule has 1 heterocycles. The topological polar surface area (TPSA) is 17.3 Å². The summed E-state index contributed by atoms with van der Waals surface area (Å²) in [5.41, 5.74) is 0.792. The summed E-state index contributed by atoms with van der Waals surface area (Å²) in [5, 5.41) is 4.76. The van der Waals surface area contributed by atoms with Crippen LogP contribution in [0.25, 0.3) is 5.32 Å². The molecule has 1 saturated heterocycles. The Morgan fingerprint density at radius 3 is 1.73 bits per heavy atom. The molecule has 4 unspecified atom stereocenters. The van der Waals surface area contributed by atoms with E-state index in [-0.39, 0.29) is 7.43 Å². The van der Waals surface area contributed by atoms with Crippen molar-refractivity contribution in [3.05, 3.63) is 61.4 Å². The second-order valence-corrected chi connectivity index (χ2v) is 15.0. The predicted octanol–water partition coefficient (Wildman–Crippen LogP) is 6.15. The number of fused-ring (bicyclic) bond motifs is 3. The van der Waals surface area contributed by atoms with Crippen molar-refractivity contribution in [3.8, 4) is 0 Å². The maximum absolute atomic E-state index is 4.89. The molecule has 26 heavy (non-hydrogen) atoms. The summed E-state index contributed by atoms with van der Waals surface area (Å²) in [6, 6.07) is 0. The fourth-order valence-corrected chi connectivity index (χ4v) is 10.2. The van der Waals surface area contributed by atoms with Gasteiger partial charge in [0.15, 0.2) is 0 Å². The average Bonchev–Trinajstić information content (AvgIpc) is 3.17. The Kier molecular flexibility index (Phi) is 8.49. The van der Waals surface area contributed by atoms with Gasteiger partial charge in [-0.2, -0.15) is 0 Å². The van der Waals surface area contributed by atoms with Crippen LogP contribution in [0.15, 0.2) is 48.6 Å². The molecule has 2 fully saturated rings. The monoisotopic (exact) mass is 444 g/mol. The molecule has 0 bridgehead atoms. The SMILES string of the molecule is C[C@H]1[N-]CCN1[Si](C)(C)C1C2C=CC=CC2C2C=CC=CC21.[CH3-].[Cl][Ti][Cl]. The third-order valence-electron chi connectivity index (χ3n) is 6.46. The van der Waals surface area contributed by atoms with Crippen LogP contribution in [0.5, 0.6) is 0 Å². The van der Waals surface area contributed by atoms with Crippen LogP contribution in [0.2, 0.25) is 18.6 Å². The number of allylic oxidation sites excluding steroid dienone is 8. The van der Waals surface area contributed by atoms with Crippen molar-refractivity contribution >= 4 is 26.8 Å². The van der Waals surface area contributed by atoms with Gasteiger partial charge in [-0.15, -0.1) is 6.54 Å². The van der Waals surface area contributed by atoms with Gasteiger partial charge in [0.2, 0.25) is 0 Å². The molecular formula is C20H30Cl2N2SiTi-2. The second-order valence-electron chi connectivity index (χ2n) is 7.83. The van der Waals surface area contributed by atoms with Crippen LogP contribution in [0, 0.1) is 31.1 Å². The first kappa shape index (κ1) is 22.7. The van der Waals surface area contributed by atoms with Gasteiger partial charge in [0.1, 0.15) is 8.24 Å². The summed E-state index contributed by atoms with van der Waals surface area (Å²) in [5.74, 6) is 2.81. The van der Waals surface area contributed by atoms with Crippen LogP contribution in [0.3, 0.4) is 0 Å². The van der Waals surface area contributed by atoms with E-state index in [1.165, 1.54) is 6.54 Å². The normalized spacial score (nSPS) is 37.4. The van der Waals surface area contributed by atoms with Crippen molar-refractivity contribution in [2.45, 2.75) is 31.7 Å². The number of nitrogens with zero attached hydrogens (tertiary/aromatic N) is 2. The molecule has 1 aliphatic heterocycles. The van der Waals surface area contributed by atoms with E-state index in [2.05, 4.69) is 73.2 Å². The second kappa shape index (κ2) is 9.74. The maximum atomic E-state index is 4.89. The van der Waals surface area contributed by atoms with Gasteiger partial charge < -0.3 is 17.3 Å². The Labute approximate surface area is 177 Å². The molecule has 0 amide bonds. The summed E-state index contributed by atoms with van der Waals surface area (Å²) in [6.07, 6.45) is 19.4. The molecule has 4 aliphatic rings. The summed E-state index contributed by atoms with van der Waals surface area (Å²) >= 11 is -0.556.